The maximum atomic E-state index is 13.1. The van der Waals surface area contributed by atoms with E-state index in [1.807, 2.05) is 24.3 Å². The molecule has 4 rings (SSSR count). The average molecular weight is 400 g/mol. The Kier molecular flexibility index (Phi) is 5.10. The molecule has 1 heterocycles. The number of hydrogen-bond acceptors (Lipinski definition) is 5. The number of carbonyl (C=O) groups is 1. The Morgan fingerprint density at radius 2 is 1.82 bits per heavy atom. The van der Waals surface area contributed by atoms with Gasteiger partial charge in [-0.25, -0.2) is 13.4 Å². The zero-order valence-corrected chi connectivity index (χ0v) is 16.6. The van der Waals surface area contributed by atoms with Gasteiger partial charge in [0.25, 0.3) is 0 Å². The lowest BCUT2D eigenvalue weighted by molar-refractivity contribution is -0.117. The number of hydrogen-bond donors (Lipinski definition) is 2. The van der Waals surface area contributed by atoms with Gasteiger partial charge in [-0.05, 0) is 61.4 Å². The number of nitrogens with one attached hydrogen (secondary N) is 1. The molecule has 1 amide bonds. The van der Waals surface area contributed by atoms with Crippen LogP contribution in [0, 0.1) is 0 Å². The normalized spacial score (nSPS) is 16.9. The zero-order valence-electron chi connectivity index (χ0n) is 15.8. The predicted octanol–water partition coefficient (Wildman–Crippen LogP) is 3.06. The summed E-state index contributed by atoms with van der Waals surface area (Å²) in [5, 5.41) is 3.26. The van der Waals surface area contributed by atoms with Crippen molar-refractivity contribution in [2.45, 2.75) is 61.6 Å². The van der Waals surface area contributed by atoms with Gasteiger partial charge in [0.2, 0.25) is 5.91 Å². The van der Waals surface area contributed by atoms with E-state index in [2.05, 4.69) is 10.3 Å². The van der Waals surface area contributed by atoms with Crippen molar-refractivity contribution in [1.29, 1.82) is 0 Å². The van der Waals surface area contributed by atoms with Crippen LogP contribution in [0.25, 0.3) is 0 Å². The Labute approximate surface area is 165 Å². The summed E-state index contributed by atoms with van der Waals surface area (Å²) in [6, 6.07) is 9.17. The van der Waals surface area contributed by atoms with E-state index in [-0.39, 0.29) is 22.6 Å². The molecule has 0 saturated heterocycles. The number of carbonyl (C=O) groups excluding carboxylic acids is 1. The van der Waals surface area contributed by atoms with Crippen LogP contribution in [0.3, 0.4) is 0 Å². The maximum Gasteiger partial charge on any atom is 0.221 e. The van der Waals surface area contributed by atoms with E-state index in [1.54, 1.807) is 6.07 Å². The molecule has 0 aliphatic heterocycles. The topological polar surface area (TPSA) is 102 Å². The molecular weight excluding hydrogens is 374 g/mol. The van der Waals surface area contributed by atoms with Gasteiger partial charge in [-0.1, -0.05) is 25.0 Å². The summed E-state index contributed by atoms with van der Waals surface area (Å²) in [6.07, 6.45) is 6.30. The molecule has 2 aromatic rings. The van der Waals surface area contributed by atoms with Gasteiger partial charge in [0, 0.05) is 17.1 Å². The third-order valence-corrected chi connectivity index (χ3v) is 7.81. The number of primary amides is 1. The standard InChI is InChI=1S/C21H25N3O3S/c22-20(25)12-14-8-10-15(11-9-14)23-19-13-21(24-18-7-3-6-17(18)19)28(26,27)16-4-1-2-5-16/h8-11,13,16H,1-7,12H2,(H2,22,25)(H,23,24). The summed E-state index contributed by atoms with van der Waals surface area (Å²) < 4.78 is 26.1. The number of rotatable bonds is 6. The minimum absolute atomic E-state index is 0.202. The van der Waals surface area contributed by atoms with Gasteiger partial charge >= 0.3 is 0 Å². The smallest absolute Gasteiger partial charge is 0.221 e. The van der Waals surface area contributed by atoms with E-state index in [0.29, 0.717) is 0 Å². The molecule has 2 aliphatic carbocycles. The van der Waals surface area contributed by atoms with Crippen LogP contribution in [-0.2, 0) is 33.9 Å². The van der Waals surface area contributed by atoms with E-state index in [0.717, 1.165) is 73.1 Å². The van der Waals surface area contributed by atoms with Crippen molar-refractivity contribution in [2.24, 2.45) is 5.73 Å². The first-order valence-electron chi connectivity index (χ1n) is 9.84. The van der Waals surface area contributed by atoms with Crippen molar-refractivity contribution in [2.75, 3.05) is 5.32 Å². The number of fused-ring (bicyclic) bond motifs is 1. The highest BCUT2D eigenvalue weighted by Crippen LogP contribution is 2.35. The Hall–Kier alpha value is -2.41. The number of aryl methyl sites for hydroxylation is 1. The van der Waals surface area contributed by atoms with E-state index < -0.39 is 9.84 Å². The van der Waals surface area contributed by atoms with Crippen LogP contribution >= 0.6 is 0 Å². The number of anilines is 2. The van der Waals surface area contributed by atoms with E-state index in [9.17, 15) is 13.2 Å². The molecule has 1 fully saturated rings. The molecule has 6 nitrogen and oxygen atoms in total. The average Bonchev–Trinajstić information content (AvgIpc) is 3.35. The van der Waals surface area contributed by atoms with Crippen LogP contribution < -0.4 is 11.1 Å². The molecule has 7 heteroatoms. The van der Waals surface area contributed by atoms with Gasteiger partial charge in [-0.15, -0.1) is 0 Å². The van der Waals surface area contributed by atoms with Gasteiger partial charge in [0.1, 0.15) is 0 Å². The van der Waals surface area contributed by atoms with E-state index in [4.69, 9.17) is 5.73 Å². The summed E-state index contributed by atoms with van der Waals surface area (Å²) in [6.45, 7) is 0. The lowest BCUT2D eigenvalue weighted by Crippen LogP contribution is -2.20. The first-order valence-corrected chi connectivity index (χ1v) is 11.4. The molecule has 0 radical (unpaired) electrons. The summed E-state index contributed by atoms with van der Waals surface area (Å²) in [4.78, 5) is 15.6. The molecular formula is C21H25N3O3S. The lowest BCUT2D eigenvalue weighted by Gasteiger charge is -2.16. The highest BCUT2D eigenvalue weighted by atomic mass is 32.2. The number of nitrogens with two attached hydrogens (primary N) is 1. The summed E-state index contributed by atoms with van der Waals surface area (Å²) in [5.74, 6) is -0.366. The molecule has 2 aliphatic rings. The van der Waals surface area contributed by atoms with E-state index >= 15 is 0 Å². The van der Waals surface area contributed by atoms with Gasteiger partial charge in [-0.2, -0.15) is 0 Å². The number of benzene rings is 1. The van der Waals surface area contributed by atoms with Gasteiger partial charge in [0.15, 0.2) is 14.9 Å². The summed E-state index contributed by atoms with van der Waals surface area (Å²) in [5.41, 5.74) is 9.75. The minimum Gasteiger partial charge on any atom is -0.369 e. The van der Waals surface area contributed by atoms with Gasteiger partial charge < -0.3 is 11.1 Å². The highest BCUT2D eigenvalue weighted by Gasteiger charge is 2.33. The fourth-order valence-electron chi connectivity index (χ4n) is 4.21. The van der Waals surface area contributed by atoms with Crippen LogP contribution in [0.1, 0.15) is 48.9 Å². The van der Waals surface area contributed by atoms with Crippen LogP contribution in [0.2, 0.25) is 0 Å². The van der Waals surface area contributed by atoms with Crippen LogP contribution in [-0.4, -0.2) is 24.6 Å². The molecule has 1 aromatic heterocycles. The Balaban J connectivity index is 1.65. The third kappa shape index (κ3) is 3.76. The van der Waals surface area contributed by atoms with Crippen LogP contribution in [0.4, 0.5) is 11.4 Å². The van der Waals surface area contributed by atoms with Crippen LogP contribution in [0.15, 0.2) is 35.4 Å². The maximum absolute atomic E-state index is 13.1. The van der Waals surface area contributed by atoms with Crippen molar-refractivity contribution >= 4 is 27.1 Å². The van der Waals surface area contributed by atoms with Crippen molar-refractivity contribution in [3.05, 3.63) is 47.2 Å². The molecule has 0 bridgehead atoms. The molecule has 0 unspecified atom stereocenters. The van der Waals surface area contributed by atoms with Crippen molar-refractivity contribution in [1.82, 2.24) is 4.98 Å². The summed E-state index contributed by atoms with van der Waals surface area (Å²) >= 11 is 0. The second kappa shape index (κ2) is 7.54. The fourth-order valence-corrected chi connectivity index (χ4v) is 6.02. The predicted molar refractivity (Wildman–Crippen MR) is 108 cm³/mol. The highest BCUT2D eigenvalue weighted by molar-refractivity contribution is 7.92. The Morgan fingerprint density at radius 1 is 1.11 bits per heavy atom. The Bertz CT molecular complexity index is 994. The second-order valence-electron chi connectivity index (χ2n) is 7.70. The second-order valence-corrected chi connectivity index (χ2v) is 9.88. The van der Waals surface area contributed by atoms with E-state index in [1.165, 1.54) is 0 Å². The molecule has 0 atom stereocenters. The summed E-state index contributed by atoms with van der Waals surface area (Å²) in [7, 11) is -3.40. The Morgan fingerprint density at radius 3 is 2.50 bits per heavy atom. The quantitative estimate of drug-likeness (QED) is 0.777. The van der Waals surface area contributed by atoms with Gasteiger partial charge in [0.05, 0.1) is 11.7 Å². The number of nitrogens with zero attached hydrogens (tertiary/aromatic N) is 1. The number of sulfone groups is 1. The molecule has 0 spiro atoms. The van der Waals surface area contributed by atoms with Crippen molar-refractivity contribution in [3.63, 3.8) is 0 Å². The van der Waals surface area contributed by atoms with Crippen molar-refractivity contribution in [3.8, 4) is 0 Å². The molecule has 1 aromatic carbocycles. The molecule has 148 valence electrons. The lowest BCUT2D eigenvalue weighted by atomic mass is 10.1. The number of amides is 1. The zero-order chi connectivity index (χ0) is 19.7. The number of aromatic nitrogens is 1. The van der Waals surface area contributed by atoms with Gasteiger partial charge in [-0.3, -0.25) is 4.79 Å². The first kappa shape index (κ1) is 18.9. The largest absolute Gasteiger partial charge is 0.369 e. The van der Waals surface area contributed by atoms with Crippen LogP contribution in [0.5, 0.6) is 0 Å². The first-order chi connectivity index (χ1) is 13.4. The SMILES string of the molecule is NC(=O)Cc1ccc(Nc2cc(S(=O)(=O)C3CCCC3)nc3c2CCC3)cc1. The molecule has 3 N–H and O–H groups in total. The minimum atomic E-state index is -3.40. The molecule has 1 saturated carbocycles. The molecule has 28 heavy (non-hydrogen) atoms. The number of pyridine rings is 1. The fraction of sp³-hybridized carbons (Fsp3) is 0.429. The van der Waals surface area contributed by atoms with Crippen molar-refractivity contribution < 1.29 is 13.2 Å². The monoisotopic (exact) mass is 399 g/mol. The third-order valence-electron chi connectivity index (χ3n) is 5.67.